The van der Waals surface area contributed by atoms with E-state index in [1.807, 2.05) is 6.92 Å². The van der Waals surface area contributed by atoms with Crippen LogP contribution in [0.25, 0.3) is 0 Å². The van der Waals surface area contributed by atoms with Crippen molar-refractivity contribution in [1.29, 1.82) is 0 Å². The molecular formula is C14H20ClNO2S. The lowest BCUT2D eigenvalue weighted by Gasteiger charge is -2.17. The Hall–Kier alpha value is -0.580. The molecule has 0 aliphatic heterocycles. The molecule has 106 valence electrons. The second-order valence-corrected chi connectivity index (χ2v) is 7.73. The van der Waals surface area contributed by atoms with Gasteiger partial charge in [-0.3, -0.25) is 0 Å². The quantitative estimate of drug-likeness (QED) is 0.842. The monoisotopic (exact) mass is 301 g/mol. The van der Waals surface area contributed by atoms with E-state index in [4.69, 9.17) is 11.6 Å². The molecule has 0 aromatic heterocycles. The first kappa shape index (κ1) is 14.8. The fraction of sp³-hybridized carbons (Fsp3) is 0.571. The summed E-state index contributed by atoms with van der Waals surface area (Å²) in [6.45, 7) is 2.83. The molecule has 1 atom stereocenters. The molecule has 0 amide bonds. The first-order valence-corrected chi connectivity index (χ1v) is 8.88. The smallest absolute Gasteiger partial charge is 0.155 e. The van der Waals surface area contributed by atoms with Crippen LogP contribution in [0.4, 0.5) is 0 Å². The zero-order valence-corrected chi connectivity index (χ0v) is 12.7. The lowest BCUT2D eigenvalue weighted by atomic mass is 10.2. The third-order valence-electron chi connectivity index (χ3n) is 3.39. The Kier molecular flexibility index (Phi) is 4.87. The Morgan fingerprint density at radius 2 is 1.95 bits per heavy atom. The summed E-state index contributed by atoms with van der Waals surface area (Å²) in [5.41, 5.74) is 0.801. The highest BCUT2D eigenvalue weighted by Crippen LogP contribution is 2.33. The topological polar surface area (TPSA) is 46.2 Å². The largest absolute Gasteiger partial charge is 0.313 e. The first-order valence-electron chi connectivity index (χ1n) is 6.68. The summed E-state index contributed by atoms with van der Waals surface area (Å²) >= 11 is 5.80. The van der Waals surface area contributed by atoms with Crippen molar-refractivity contribution in [1.82, 2.24) is 5.32 Å². The van der Waals surface area contributed by atoms with Crippen LogP contribution in [0.1, 0.15) is 25.3 Å². The van der Waals surface area contributed by atoms with Gasteiger partial charge in [0.25, 0.3) is 0 Å². The minimum absolute atomic E-state index is 0.0960. The lowest BCUT2D eigenvalue weighted by molar-refractivity contribution is 0.502. The summed E-state index contributed by atoms with van der Waals surface area (Å²) in [6.07, 6.45) is 2.29. The molecule has 2 rings (SSSR count). The molecule has 1 aromatic rings. The molecule has 19 heavy (non-hydrogen) atoms. The second kappa shape index (κ2) is 6.25. The highest BCUT2D eigenvalue weighted by molar-refractivity contribution is 7.90. The molecule has 1 fully saturated rings. The average Bonchev–Trinajstić information content (AvgIpc) is 3.15. The number of nitrogens with one attached hydrogen (secondary N) is 1. The van der Waals surface area contributed by atoms with Crippen molar-refractivity contribution >= 4 is 21.4 Å². The van der Waals surface area contributed by atoms with Crippen LogP contribution in [0, 0.1) is 5.92 Å². The molecule has 3 nitrogen and oxygen atoms in total. The van der Waals surface area contributed by atoms with Gasteiger partial charge in [0.05, 0.1) is 11.5 Å². The summed E-state index contributed by atoms with van der Waals surface area (Å²) in [5.74, 6) is 0.868. The standard InChI is InChI=1S/C14H20ClNO2S/c1-2-16-14(12-5-6-12)10-19(17,18)9-11-3-7-13(15)8-4-11/h3-4,7-8,12,14,16H,2,5-6,9-10H2,1H3. The minimum Gasteiger partial charge on any atom is -0.313 e. The maximum atomic E-state index is 12.2. The van der Waals surface area contributed by atoms with Gasteiger partial charge in [-0.25, -0.2) is 8.42 Å². The fourth-order valence-corrected chi connectivity index (χ4v) is 4.17. The highest BCUT2D eigenvalue weighted by atomic mass is 35.5. The van der Waals surface area contributed by atoms with Crippen LogP contribution in [-0.2, 0) is 15.6 Å². The summed E-state index contributed by atoms with van der Waals surface area (Å²) in [6, 6.07) is 7.13. The number of hydrogen-bond acceptors (Lipinski definition) is 3. The minimum atomic E-state index is -3.08. The summed E-state index contributed by atoms with van der Waals surface area (Å²) in [5, 5.41) is 3.92. The fourth-order valence-electron chi connectivity index (χ4n) is 2.29. The van der Waals surface area contributed by atoms with Crippen LogP contribution in [-0.4, -0.2) is 26.8 Å². The van der Waals surface area contributed by atoms with Crippen LogP contribution < -0.4 is 5.32 Å². The highest BCUT2D eigenvalue weighted by Gasteiger charge is 2.33. The van der Waals surface area contributed by atoms with Crippen LogP contribution in [0.2, 0.25) is 5.02 Å². The third-order valence-corrected chi connectivity index (χ3v) is 5.28. The van der Waals surface area contributed by atoms with E-state index in [0.29, 0.717) is 10.9 Å². The van der Waals surface area contributed by atoms with Gasteiger partial charge in [-0.1, -0.05) is 30.7 Å². The molecule has 1 aromatic carbocycles. The molecule has 0 heterocycles. The average molecular weight is 302 g/mol. The molecular weight excluding hydrogens is 282 g/mol. The maximum Gasteiger partial charge on any atom is 0.155 e. The molecule has 0 spiro atoms. The van der Waals surface area contributed by atoms with E-state index in [-0.39, 0.29) is 17.5 Å². The van der Waals surface area contributed by atoms with Crippen molar-refractivity contribution in [2.75, 3.05) is 12.3 Å². The normalized spacial score (nSPS) is 17.4. The van der Waals surface area contributed by atoms with Gasteiger partial charge in [0.2, 0.25) is 0 Å². The van der Waals surface area contributed by atoms with Gasteiger partial charge >= 0.3 is 0 Å². The Morgan fingerprint density at radius 3 is 2.47 bits per heavy atom. The summed E-state index contributed by atoms with van der Waals surface area (Å²) < 4.78 is 24.5. The molecule has 1 saturated carbocycles. The van der Waals surface area contributed by atoms with Crippen molar-refractivity contribution in [3.05, 3.63) is 34.9 Å². The predicted molar refractivity (Wildman–Crippen MR) is 79.1 cm³/mol. The van der Waals surface area contributed by atoms with E-state index in [2.05, 4.69) is 5.32 Å². The van der Waals surface area contributed by atoms with Crippen LogP contribution in [0.15, 0.2) is 24.3 Å². The molecule has 1 unspecified atom stereocenters. The number of halogens is 1. The van der Waals surface area contributed by atoms with E-state index < -0.39 is 9.84 Å². The van der Waals surface area contributed by atoms with E-state index in [9.17, 15) is 8.42 Å². The molecule has 0 bridgehead atoms. The molecule has 0 saturated heterocycles. The number of benzene rings is 1. The van der Waals surface area contributed by atoms with Crippen molar-refractivity contribution in [3.63, 3.8) is 0 Å². The van der Waals surface area contributed by atoms with Crippen LogP contribution in [0.3, 0.4) is 0 Å². The zero-order chi connectivity index (χ0) is 13.9. The predicted octanol–water partition coefficient (Wildman–Crippen LogP) is 2.64. The van der Waals surface area contributed by atoms with Crippen molar-refractivity contribution < 1.29 is 8.42 Å². The van der Waals surface area contributed by atoms with Crippen LogP contribution in [0.5, 0.6) is 0 Å². The van der Waals surface area contributed by atoms with Gasteiger partial charge in [0.1, 0.15) is 0 Å². The van der Waals surface area contributed by atoms with Crippen molar-refractivity contribution in [2.24, 2.45) is 5.92 Å². The Bertz CT molecular complexity index is 509. The third kappa shape index (κ3) is 4.79. The zero-order valence-electron chi connectivity index (χ0n) is 11.1. The van der Waals surface area contributed by atoms with Crippen LogP contribution >= 0.6 is 11.6 Å². The maximum absolute atomic E-state index is 12.2. The first-order chi connectivity index (χ1) is 9.00. The second-order valence-electron chi connectivity index (χ2n) is 5.18. The number of rotatable bonds is 7. The van der Waals surface area contributed by atoms with Crippen molar-refractivity contribution in [3.8, 4) is 0 Å². The SMILES string of the molecule is CCNC(CS(=O)(=O)Cc1ccc(Cl)cc1)C1CC1. The van der Waals surface area contributed by atoms with Gasteiger partial charge < -0.3 is 5.32 Å². The number of hydrogen-bond donors (Lipinski definition) is 1. The van der Waals surface area contributed by atoms with E-state index >= 15 is 0 Å². The number of sulfone groups is 1. The summed E-state index contributed by atoms with van der Waals surface area (Å²) in [7, 11) is -3.08. The van der Waals surface area contributed by atoms with Gasteiger partial charge in [-0.05, 0) is 43.0 Å². The van der Waals surface area contributed by atoms with Gasteiger partial charge in [0.15, 0.2) is 9.84 Å². The van der Waals surface area contributed by atoms with Gasteiger partial charge in [-0.2, -0.15) is 0 Å². The lowest BCUT2D eigenvalue weighted by Crippen LogP contribution is -2.37. The molecule has 1 N–H and O–H groups in total. The van der Waals surface area contributed by atoms with E-state index in [1.165, 1.54) is 0 Å². The Morgan fingerprint density at radius 1 is 1.32 bits per heavy atom. The molecule has 5 heteroatoms. The Balaban J connectivity index is 1.99. The van der Waals surface area contributed by atoms with Gasteiger partial charge in [-0.15, -0.1) is 0 Å². The summed E-state index contributed by atoms with van der Waals surface area (Å²) in [4.78, 5) is 0. The molecule has 0 radical (unpaired) electrons. The van der Waals surface area contributed by atoms with E-state index in [0.717, 1.165) is 24.9 Å². The van der Waals surface area contributed by atoms with Gasteiger partial charge in [0, 0.05) is 11.1 Å². The Labute approximate surface area is 120 Å². The van der Waals surface area contributed by atoms with E-state index in [1.54, 1.807) is 24.3 Å². The van der Waals surface area contributed by atoms with Crippen molar-refractivity contribution in [2.45, 2.75) is 31.6 Å². The molecule has 1 aliphatic carbocycles. The molecule has 1 aliphatic rings.